The Labute approximate surface area is 97.2 Å². The van der Waals surface area contributed by atoms with E-state index in [2.05, 4.69) is 0 Å². The molecule has 1 heterocycles. The summed E-state index contributed by atoms with van der Waals surface area (Å²) in [5, 5.41) is 0. The molecule has 0 aliphatic carbocycles. The van der Waals surface area contributed by atoms with Gasteiger partial charge in [-0.05, 0) is 19.9 Å². The molecule has 0 aromatic heterocycles. The zero-order chi connectivity index (χ0) is 11.9. The fourth-order valence-corrected chi connectivity index (χ4v) is 3.09. The third-order valence-electron chi connectivity index (χ3n) is 2.71. The van der Waals surface area contributed by atoms with E-state index < -0.39 is 16.3 Å². The highest BCUT2D eigenvalue weighted by atomic mass is 32.2. The lowest BCUT2D eigenvalue weighted by atomic mass is 9.90. The van der Waals surface area contributed by atoms with Gasteiger partial charge < -0.3 is 0 Å². The molecule has 0 N–H and O–H groups in total. The summed E-state index contributed by atoms with van der Waals surface area (Å²) in [4.78, 5) is 36.1. The van der Waals surface area contributed by atoms with E-state index in [0.717, 1.165) is 11.8 Å². The molecular weight excluding hydrogens is 224 g/mol. The summed E-state index contributed by atoms with van der Waals surface area (Å²) < 4.78 is -1.54. The average molecular weight is 234 g/mol. The van der Waals surface area contributed by atoms with Crippen LogP contribution in [0.2, 0.25) is 0 Å². The molecule has 0 bridgehead atoms. The second kappa shape index (κ2) is 3.56. The Morgan fingerprint density at radius 1 is 1.12 bits per heavy atom. The van der Waals surface area contributed by atoms with Crippen LogP contribution in [0.4, 0.5) is 0 Å². The zero-order valence-corrected chi connectivity index (χ0v) is 9.76. The molecule has 0 saturated heterocycles. The van der Waals surface area contributed by atoms with Gasteiger partial charge in [0.05, 0.1) is 0 Å². The Hall–Kier alpha value is -1.42. The molecule has 1 aromatic rings. The van der Waals surface area contributed by atoms with Gasteiger partial charge in [-0.1, -0.05) is 30.0 Å². The van der Waals surface area contributed by atoms with Crippen LogP contribution in [0.25, 0.3) is 0 Å². The summed E-state index contributed by atoms with van der Waals surface area (Å²) in [6.45, 7) is 2.58. The second-order valence-electron chi connectivity index (χ2n) is 3.72. The average Bonchev–Trinajstić information content (AvgIpc) is 2.54. The number of benzene rings is 1. The van der Waals surface area contributed by atoms with E-state index in [4.69, 9.17) is 0 Å². The maximum absolute atomic E-state index is 12.1. The minimum Gasteiger partial charge on any atom is -0.297 e. The van der Waals surface area contributed by atoms with Gasteiger partial charge in [0.15, 0.2) is 22.1 Å². The van der Waals surface area contributed by atoms with Gasteiger partial charge in [-0.25, -0.2) is 0 Å². The lowest BCUT2D eigenvalue weighted by Crippen LogP contribution is -2.45. The Kier molecular flexibility index (Phi) is 2.46. The van der Waals surface area contributed by atoms with Gasteiger partial charge in [0.25, 0.3) is 0 Å². The van der Waals surface area contributed by atoms with Gasteiger partial charge in [0.2, 0.25) is 0 Å². The Morgan fingerprint density at radius 3 is 2.19 bits per heavy atom. The zero-order valence-electron chi connectivity index (χ0n) is 8.94. The van der Waals surface area contributed by atoms with Crippen molar-refractivity contribution in [2.75, 3.05) is 0 Å². The fraction of sp³-hybridized carbons (Fsp3) is 0.250. The largest absolute Gasteiger partial charge is 0.297 e. The topological polar surface area (TPSA) is 51.2 Å². The van der Waals surface area contributed by atoms with Gasteiger partial charge in [-0.15, -0.1) is 0 Å². The van der Waals surface area contributed by atoms with Gasteiger partial charge in [-0.3, -0.25) is 14.4 Å². The highest BCUT2D eigenvalue weighted by Gasteiger charge is 2.54. The Bertz CT molecular complexity index is 491. The third kappa shape index (κ3) is 1.26. The van der Waals surface area contributed by atoms with Crippen LogP contribution >= 0.6 is 11.8 Å². The van der Waals surface area contributed by atoms with Crippen LogP contribution in [-0.4, -0.2) is 22.1 Å². The number of hydrogen-bond donors (Lipinski definition) is 0. The molecule has 0 radical (unpaired) electrons. The minimum atomic E-state index is -1.54. The summed E-state index contributed by atoms with van der Waals surface area (Å²) in [6, 6.07) is 6.92. The van der Waals surface area contributed by atoms with Crippen molar-refractivity contribution >= 4 is 29.1 Å². The number of ketones is 3. The first-order chi connectivity index (χ1) is 7.50. The Morgan fingerprint density at radius 2 is 1.69 bits per heavy atom. The molecule has 1 aromatic carbocycles. The molecule has 0 amide bonds. The van der Waals surface area contributed by atoms with E-state index >= 15 is 0 Å². The van der Waals surface area contributed by atoms with E-state index in [0.29, 0.717) is 10.5 Å². The highest BCUT2D eigenvalue weighted by molar-refractivity contribution is 8.03. The number of carbonyl (C=O) groups excluding carboxylic acids is 3. The van der Waals surface area contributed by atoms with E-state index in [-0.39, 0.29) is 5.78 Å². The van der Waals surface area contributed by atoms with Gasteiger partial charge in [0, 0.05) is 10.5 Å². The number of hydrogen-bond acceptors (Lipinski definition) is 4. The van der Waals surface area contributed by atoms with Crippen LogP contribution in [0.3, 0.4) is 0 Å². The molecule has 2 rings (SSSR count). The molecule has 0 saturated carbocycles. The molecule has 0 spiro atoms. The van der Waals surface area contributed by atoms with E-state index in [1.54, 1.807) is 24.3 Å². The number of Topliss-reactive ketones (excluding diaryl/α,β-unsaturated/α-hetero) is 3. The summed E-state index contributed by atoms with van der Waals surface area (Å²) in [6.07, 6.45) is 0. The highest BCUT2D eigenvalue weighted by Crippen LogP contribution is 2.46. The fourth-order valence-electron chi connectivity index (χ4n) is 1.86. The van der Waals surface area contributed by atoms with Crippen molar-refractivity contribution in [2.24, 2.45) is 0 Å². The molecular formula is C12H10O3S. The maximum Gasteiger partial charge on any atom is 0.199 e. The SMILES string of the molecule is CC(=O)C1(C(C)=O)Sc2ccccc2C1=O. The van der Waals surface area contributed by atoms with Gasteiger partial charge >= 0.3 is 0 Å². The van der Waals surface area contributed by atoms with Crippen molar-refractivity contribution in [1.29, 1.82) is 0 Å². The molecule has 1 aliphatic heterocycles. The predicted molar refractivity (Wildman–Crippen MR) is 60.7 cm³/mol. The van der Waals surface area contributed by atoms with Gasteiger partial charge in [-0.2, -0.15) is 0 Å². The quantitative estimate of drug-likeness (QED) is 0.733. The third-order valence-corrected chi connectivity index (χ3v) is 4.35. The van der Waals surface area contributed by atoms with Crippen molar-refractivity contribution < 1.29 is 14.4 Å². The number of rotatable bonds is 2. The van der Waals surface area contributed by atoms with Crippen molar-refractivity contribution in [1.82, 2.24) is 0 Å². The van der Waals surface area contributed by atoms with Crippen LogP contribution in [0.1, 0.15) is 24.2 Å². The van der Waals surface area contributed by atoms with Crippen LogP contribution in [0.15, 0.2) is 29.2 Å². The molecule has 4 heteroatoms. The first kappa shape index (κ1) is 11.1. The first-order valence-electron chi connectivity index (χ1n) is 4.85. The number of fused-ring (bicyclic) bond motifs is 1. The van der Waals surface area contributed by atoms with E-state index in [1.807, 2.05) is 0 Å². The second-order valence-corrected chi connectivity index (χ2v) is 4.98. The predicted octanol–water partition coefficient (Wildman–Crippen LogP) is 1.89. The Balaban J connectivity index is 2.62. The van der Waals surface area contributed by atoms with Crippen LogP contribution in [-0.2, 0) is 9.59 Å². The smallest absolute Gasteiger partial charge is 0.199 e. The summed E-state index contributed by atoms with van der Waals surface area (Å²) in [5.41, 5.74) is 0.470. The standard InChI is InChI=1S/C12H10O3S/c1-7(13)12(8(2)14)11(15)9-5-3-4-6-10(9)16-12/h3-6H,1-2H3. The van der Waals surface area contributed by atoms with E-state index in [1.165, 1.54) is 13.8 Å². The lowest BCUT2D eigenvalue weighted by molar-refractivity contribution is -0.126. The maximum atomic E-state index is 12.1. The van der Waals surface area contributed by atoms with Crippen molar-refractivity contribution in [3.05, 3.63) is 29.8 Å². The van der Waals surface area contributed by atoms with E-state index in [9.17, 15) is 14.4 Å². The summed E-state index contributed by atoms with van der Waals surface area (Å²) in [7, 11) is 0. The van der Waals surface area contributed by atoms with Gasteiger partial charge in [0.1, 0.15) is 0 Å². The molecule has 0 fully saturated rings. The molecule has 82 valence electrons. The number of carbonyl (C=O) groups is 3. The lowest BCUT2D eigenvalue weighted by Gasteiger charge is -2.19. The molecule has 0 unspecified atom stereocenters. The normalized spacial score (nSPS) is 17.0. The van der Waals surface area contributed by atoms with Crippen molar-refractivity contribution in [2.45, 2.75) is 23.5 Å². The minimum absolute atomic E-state index is 0.381. The van der Waals surface area contributed by atoms with Crippen LogP contribution in [0.5, 0.6) is 0 Å². The number of thioether (sulfide) groups is 1. The van der Waals surface area contributed by atoms with Crippen LogP contribution < -0.4 is 0 Å². The first-order valence-corrected chi connectivity index (χ1v) is 5.66. The summed E-state index contributed by atoms with van der Waals surface area (Å²) in [5.74, 6) is -1.18. The molecule has 1 aliphatic rings. The van der Waals surface area contributed by atoms with Crippen molar-refractivity contribution in [3.8, 4) is 0 Å². The van der Waals surface area contributed by atoms with Crippen LogP contribution in [0, 0.1) is 0 Å². The molecule has 0 atom stereocenters. The molecule has 3 nitrogen and oxygen atoms in total. The van der Waals surface area contributed by atoms with Crippen molar-refractivity contribution in [3.63, 3.8) is 0 Å². The monoisotopic (exact) mass is 234 g/mol. The summed E-state index contributed by atoms with van der Waals surface area (Å²) >= 11 is 1.06. The molecule has 16 heavy (non-hydrogen) atoms.